The minimum atomic E-state index is -0.609. The molecule has 0 bridgehead atoms. The molecule has 1 heterocycles. The summed E-state index contributed by atoms with van der Waals surface area (Å²) in [6.45, 7) is -0.448. The lowest BCUT2D eigenvalue weighted by molar-refractivity contribution is -0.144. The van der Waals surface area contributed by atoms with Gasteiger partial charge in [0.05, 0.1) is 11.6 Å². The van der Waals surface area contributed by atoms with Gasteiger partial charge in [0, 0.05) is 16.3 Å². The van der Waals surface area contributed by atoms with Gasteiger partial charge >= 0.3 is 5.97 Å². The Morgan fingerprint density at radius 3 is 2.76 bits per heavy atom. The molecule has 8 nitrogen and oxygen atoms in total. The first kappa shape index (κ1) is 20.4. The van der Waals surface area contributed by atoms with Gasteiger partial charge in [-0.05, 0) is 42.5 Å². The first-order valence-electron chi connectivity index (χ1n) is 8.21. The number of hydrogen-bond donors (Lipinski definition) is 1. The van der Waals surface area contributed by atoms with Gasteiger partial charge < -0.3 is 14.5 Å². The van der Waals surface area contributed by atoms with Crippen LogP contribution in [0.15, 0.2) is 58.2 Å². The van der Waals surface area contributed by atoms with Crippen LogP contribution in [0.1, 0.15) is 5.56 Å². The van der Waals surface area contributed by atoms with Crippen molar-refractivity contribution in [2.24, 2.45) is 0 Å². The molecule has 146 valence electrons. The van der Waals surface area contributed by atoms with Crippen LogP contribution >= 0.6 is 23.4 Å². The van der Waals surface area contributed by atoms with Crippen LogP contribution in [0.4, 0.5) is 5.69 Å². The van der Waals surface area contributed by atoms with Crippen molar-refractivity contribution in [1.82, 2.24) is 10.2 Å². The van der Waals surface area contributed by atoms with E-state index in [0.29, 0.717) is 27.7 Å². The van der Waals surface area contributed by atoms with E-state index in [2.05, 4.69) is 15.5 Å². The molecule has 0 aliphatic carbocycles. The summed E-state index contributed by atoms with van der Waals surface area (Å²) < 4.78 is 10.4. The van der Waals surface area contributed by atoms with Crippen LogP contribution in [-0.2, 0) is 14.3 Å². The van der Waals surface area contributed by atoms with Gasteiger partial charge in [-0.1, -0.05) is 29.4 Å². The molecule has 0 fully saturated rings. The molecule has 1 N–H and O–H groups in total. The largest absolute Gasteiger partial charge is 0.455 e. The van der Waals surface area contributed by atoms with E-state index in [-0.39, 0.29) is 11.0 Å². The maximum absolute atomic E-state index is 11.8. The Balaban J connectivity index is 1.43. The van der Waals surface area contributed by atoms with E-state index >= 15 is 0 Å². The SMILES string of the molecule is N#Cc1cccc(NC(=O)COC(=O)CSc2nnc(-c3ccc(Cl)cc3)o2)c1. The van der Waals surface area contributed by atoms with E-state index < -0.39 is 18.5 Å². The van der Waals surface area contributed by atoms with Gasteiger partial charge in [-0.3, -0.25) is 9.59 Å². The number of hydrogen-bond acceptors (Lipinski definition) is 8. The second kappa shape index (κ2) is 9.73. The molecule has 1 amide bonds. The normalized spacial score (nSPS) is 10.2. The third-order valence-corrected chi connectivity index (χ3v) is 4.49. The third-order valence-electron chi connectivity index (χ3n) is 3.45. The van der Waals surface area contributed by atoms with Crippen molar-refractivity contribution in [1.29, 1.82) is 5.26 Å². The average molecular weight is 429 g/mol. The molecule has 0 aliphatic heterocycles. The predicted octanol–water partition coefficient (Wildman–Crippen LogP) is 3.54. The van der Waals surface area contributed by atoms with Gasteiger partial charge in [0.25, 0.3) is 11.1 Å². The summed E-state index contributed by atoms with van der Waals surface area (Å²) >= 11 is 6.84. The van der Waals surface area contributed by atoms with Crippen molar-refractivity contribution < 1.29 is 18.7 Å². The van der Waals surface area contributed by atoms with E-state index in [1.807, 2.05) is 6.07 Å². The molecule has 1 aromatic heterocycles. The Labute approximate surface area is 174 Å². The summed E-state index contributed by atoms with van der Waals surface area (Å²) in [5, 5.41) is 19.9. The van der Waals surface area contributed by atoms with Gasteiger partial charge in [0.1, 0.15) is 5.75 Å². The fourth-order valence-electron chi connectivity index (χ4n) is 2.15. The van der Waals surface area contributed by atoms with Crippen LogP contribution in [0.3, 0.4) is 0 Å². The number of esters is 1. The smallest absolute Gasteiger partial charge is 0.316 e. The number of nitriles is 1. The third kappa shape index (κ3) is 6.07. The monoisotopic (exact) mass is 428 g/mol. The van der Waals surface area contributed by atoms with Crippen LogP contribution in [0.25, 0.3) is 11.5 Å². The van der Waals surface area contributed by atoms with Gasteiger partial charge in [0.15, 0.2) is 6.61 Å². The highest BCUT2D eigenvalue weighted by Gasteiger charge is 2.13. The lowest BCUT2D eigenvalue weighted by Gasteiger charge is -2.06. The number of thioether (sulfide) groups is 1. The van der Waals surface area contributed by atoms with Crippen molar-refractivity contribution in [2.75, 3.05) is 17.7 Å². The van der Waals surface area contributed by atoms with E-state index in [1.54, 1.807) is 42.5 Å². The number of carbonyl (C=O) groups excluding carboxylic acids is 2. The topological polar surface area (TPSA) is 118 Å². The Kier molecular flexibility index (Phi) is 6.84. The molecule has 0 unspecified atom stereocenters. The zero-order chi connectivity index (χ0) is 20.6. The number of carbonyl (C=O) groups is 2. The van der Waals surface area contributed by atoms with Crippen LogP contribution in [0.5, 0.6) is 0 Å². The molecule has 2 aromatic carbocycles. The van der Waals surface area contributed by atoms with E-state index in [4.69, 9.17) is 26.0 Å². The number of nitrogens with zero attached hydrogens (tertiary/aromatic N) is 3. The highest BCUT2D eigenvalue weighted by Crippen LogP contribution is 2.24. The molecule has 3 rings (SSSR count). The molecule has 3 aromatic rings. The van der Waals surface area contributed by atoms with E-state index in [0.717, 1.165) is 11.8 Å². The molecular weight excluding hydrogens is 416 g/mol. The number of halogens is 1. The number of benzene rings is 2. The minimum absolute atomic E-state index is 0.0978. The first-order chi connectivity index (χ1) is 14.0. The average Bonchev–Trinajstić information content (AvgIpc) is 3.20. The van der Waals surface area contributed by atoms with E-state index in [9.17, 15) is 9.59 Å². The van der Waals surface area contributed by atoms with Gasteiger partial charge in [-0.15, -0.1) is 10.2 Å². The van der Waals surface area contributed by atoms with Crippen LogP contribution in [0.2, 0.25) is 5.02 Å². The second-order valence-electron chi connectivity index (χ2n) is 5.57. The maximum Gasteiger partial charge on any atom is 0.316 e. The molecule has 0 radical (unpaired) electrons. The standard InChI is InChI=1S/C19H13ClN4O4S/c20-14-6-4-13(5-7-14)18-23-24-19(28-18)29-11-17(26)27-10-16(25)22-15-3-1-2-12(8-15)9-21/h1-8H,10-11H2,(H,22,25). The van der Waals surface area contributed by atoms with Gasteiger partial charge in [-0.25, -0.2) is 0 Å². The molecule has 0 aliphatic rings. The molecule has 0 saturated heterocycles. The molecule has 0 spiro atoms. The summed E-state index contributed by atoms with van der Waals surface area (Å²) in [6, 6.07) is 15.3. The Morgan fingerprint density at radius 1 is 1.21 bits per heavy atom. The predicted molar refractivity (Wildman–Crippen MR) is 106 cm³/mol. The summed E-state index contributed by atoms with van der Waals surface area (Å²) in [5.74, 6) is -0.917. The van der Waals surface area contributed by atoms with Crippen LogP contribution in [0, 0.1) is 11.3 Å². The second-order valence-corrected chi connectivity index (χ2v) is 6.93. The minimum Gasteiger partial charge on any atom is -0.455 e. The van der Waals surface area contributed by atoms with E-state index in [1.165, 1.54) is 6.07 Å². The summed E-state index contributed by atoms with van der Waals surface area (Å²) in [7, 11) is 0. The Bertz CT molecular complexity index is 1060. The number of anilines is 1. The number of aromatic nitrogens is 2. The summed E-state index contributed by atoms with van der Waals surface area (Å²) in [4.78, 5) is 23.7. The van der Waals surface area contributed by atoms with Gasteiger partial charge in [-0.2, -0.15) is 5.26 Å². The Hall–Kier alpha value is -3.35. The van der Waals surface area contributed by atoms with Crippen molar-refractivity contribution in [3.63, 3.8) is 0 Å². The highest BCUT2D eigenvalue weighted by atomic mass is 35.5. The summed E-state index contributed by atoms with van der Waals surface area (Å²) in [5.41, 5.74) is 1.56. The molecule has 0 saturated carbocycles. The van der Waals surface area contributed by atoms with Crippen LogP contribution < -0.4 is 5.32 Å². The molecule has 29 heavy (non-hydrogen) atoms. The van der Waals surface area contributed by atoms with Crippen molar-refractivity contribution in [3.05, 3.63) is 59.1 Å². The molecule has 0 atom stereocenters. The molecule has 10 heteroatoms. The highest BCUT2D eigenvalue weighted by molar-refractivity contribution is 7.99. The number of ether oxygens (including phenoxy) is 1. The van der Waals surface area contributed by atoms with Crippen molar-refractivity contribution >= 4 is 40.9 Å². The zero-order valence-corrected chi connectivity index (χ0v) is 16.4. The number of amides is 1. The zero-order valence-electron chi connectivity index (χ0n) is 14.8. The fourth-order valence-corrected chi connectivity index (χ4v) is 2.84. The quantitative estimate of drug-likeness (QED) is 0.448. The Morgan fingerprint density at radius 2 is 2.00 bits per heavy atom. The van der Waals surface area contributed by atoms with Gasteiger partial charge in [0.2, 0.25) is 5.89 Å². The fraction of sp³-hybridized carbons (Fsp3) is 0.105. The lowest BCUT2D eigenvalue weighted by Crippen LogP contribution is -2.21. The maximum atomic E-state index is 11.8. The van der Waals surface area contributed by atoms with Crippen molar-refractivity contribution in [2.45, 2.75) is 5.22 Å². The van der Waals surface area contributed by atoms with Crippen molar-refractivity contribution in [3.8, 4) is 17.5 Å². The van der Waals surface area contributed by atoms with Crippen LogP contribution in [-0.4, -0.2) is 34.4 Å². The lowest BCUT2D eigenvalue weighted by atomic mass is 10.2. The summed E-state index contributed by atoms with van der Waals surface area (Å²) in [6.07, 6.45) is 0. The number of nitrogens with one attached hydrogen (secondary N) is 1. The first-order valence-corrected chi connectivity index (χ1v) is 9.58. The molecular formula is C19H13ClN4O4S. The number of rotatable bonds is 7.